The summed E-state index contributed by atoms with van der Waals surface area (Å²) in [5, 5.41) is 16.1. The predicted octanol–water partition coefficient (Wildman–Crippen LogP) is 2.30. The Balaban J connectivity index is 1.78. The Morgan fingerprint density at radius 3 is 2.74 bits per heavy atom. The number of nitrogens with one attached hydrogen (secondary N) is 2. The minimum absolute atomic E-state index is 0.0282. The van der Waals surface area contributed by atoms with Crippen LogP contribution >= 0.6 is 0 Å². The van der Waals surface area contributed by atoms with Crippen LogP contribution in [0.15, 0.2) is 4.99 Å². The molecule has 1 saturated carbocycles. The highest BCUT2D eigenvalue weighted by Crippen LogP contribution is 2.32. The smallest absolute Gasteiger partial charge is 0.191 e. The van der Waals surface area contributed by atoms with Crippen molar-refractivity contribution in [1.82, 2.24) is 10.6 Å². The quantitative estimate of drug-likeness (QED) is 0.473. The maximum Gasteiger partial charge on any atom is 0.191 e. The predicted molar refractivity (Wildman–Crippen MR) is 94.7 cm³/mol. The summed E-state index contributed by atoms with van der Waals surface area (Å²) in [6.07, 6.45) is 10.0. The van der Waals surface area contributed by atoms with Gasteiger partial charge in [0, 0.05) is 31.7 Å². The molecule has 0 aromatic heterocycles. The molecule has 5 nitrogen and oxygen atoms in total. The van der Waals surface area contributed by atoms with Gasteiger partial charge in [0.15, 0.2) is 5.96 Å². The molecule has 3 N–H and O–H groups in total. The molecule has 0 bridgehead atoms. The molecule has 1 aliphatic heterocycles. The summed E-state index contributed by atoms with van der Waals surface area (Å²) < 4.78 is 5.54. The van der Waals surface area contributed by atoms with Crippen molar-refractivity contribution < 1.29 is 9.84 Å². The molecule has 134 valence electrons. The Labute approximate surface area is 141 Å². The number of rotatable bonds is 8. The highest BCUT2D eigenvalue weighted by molar-refractivity contribution is 5.79. The van der Waals surface area contributed by atoms with Gasteiger partial charge in [-0.3, -0.25) is 4.99 Å². The molecule has 2 rings (SSSR count). The zero-order chi connectivity index (χ0) is 16.4. The van der Waals surface area contributed by atoms with E-state index in [9.17, 15) is 5.11 Å². The van der Waals surface area contributed by atoms with Crippen LogP contribution in [0.2, 0.25) is 0 Å². The van der Waals surface area contributed by atoms with Crippen molar-refractivity contribution >= 4 is 5.96 Å². The van der Waals surface area contributed by atoms with Crippen molar-refractivity contribution in [1.29, 1.82) is 0 Å². The van der Waals surface area contributed by atoms with Crippen molar-refractivity contribution in [2.45, 2.75) is 58.3 Å². The Morgan fingerprint density at radius 1 is 1.26 bits per heavy atom. The van der Waals surface area contributed by atoms with Crippen LogP contribution in [0.25, 0.3) is 0 Å². The van der Waals surface area contributed by atoms with Gasteiger partial charge in [-0.25, -0.2) is 0 Å². The van der Waals surface area contributed by atoms with Gasteiger partial charge in [-0.2, -0.15) is 0 Å². The zero-order valence-corrected chi connectivity index (χ0v) is 14.8. The van der Waals surface area contributed by atoms with Gasteiger partial charge in [-0.15, -0.1) is 0 Å². The van der Waals surface area contributed by atoms with Crippen LogP contribution in [0.4, 0.5) is 0 Å². The molecule has 0 spiro atoms. The van der Waals surface area contributed by atoms with Crippen LogP contribution in [0.5, 0.6) is 0 Å². The Kier molecular flexibility index (Phi) is 8.17. The summed E-state index contributed by atoms with van der Waals surface area (Å²) in [5.74, 6) is 1.80. The van der Waals surface area contributed by atoms with Crippen LogP contribution in [-0.4, -0.2) is 50.5 Å². The number of guanidine groups is 1. The van der Waals surface area contributed by atoms with Crippen LogP contribution in [-0.2, 0) is 4.74 Å². The molecular weight excluding hydrogens is 290 g/mol. The Hall–Kier alpha value is -0.810. The van der Waals surface area contributed by atoms with Crippen molar-refractivity contribution in [3.8, 4) is 0 Å². The fraction of sp³-hybridized carbons (Fsp3) is 0.944. The summed E-state index contributed by atoms with van der Waals surface area (Å²) in [6.45, 7) is 6.43. The summed E-state index contributed by atoms with van der Waals surface area (Å²) in [7, 11) is 0. The zero-order valence-electron chi connectivity index (χ0n) is 14.8. The molecule has 1 unspecified atom stereocenters. The van der Waals surface area contributed by atoms with Gasteiger partial charge in [0.25, 0.3) is 0 Å². The number of nitrogens with zero attached hydrogens (tertiary/aromatic N) is 1. The lowest BCUT2D eigenvalue weighted by Crippen LogP contribution is -2.39. The third-order valence-electron chi connectivity index (χ3n) is 5.31. The molecule has 0 amide bonds. The monoisotopic (exact) mass is 325 g/mol. The molecule has 0 aromatic rings. The average Bonchev–Trinajstić information content (AvgIpc) is 3.03. The molecule has 1 atom stereocenters. The maximum absolute atomic E-state index is 9.31. The molecule has 0 radical (unpaired) electrons. The van der Waals surface area contributed by atoms with E-state index in [4.69, 9.17) is 9.73 Å². The lowest BCUT2D eigenvalue weighted by Gasteiger charge is -2.25. The molecule has 2 aliphatic rings. The molecule has 2 fully saturated rings. The SMILES string of the molecule is CCNC(=NCC1(CCO)CCOC1)NCCC1CCCCC1. The topological polar surface area (TPSA) is 65.9 Å². The largest absolute Gasteiger partial charge is 0.396 e. The summed E-state index contributed by atoms with van der Waals surface area (Å²) in [6, 6.07) is 0. The maximum atomic E-state index is 9.31. The van der Waals surface area contributed by atoms with Crippen LogP contribution in [0.3, 0.4) is 0 Å². The first-order valence-corrected chi connectivity index (χ1v) is 9.49. The second-order valence-corrected chi connectivity index (χ2v) is 7.19. The third kappa shape index (κ3) is 6.30. The first-order valence-electron chi connectivity index (χ1n) is 9.49. The van der Waals surface area contributed by atoms with E-state index in [1.807, 2.05) is 0 Å². The van der Waals surface area contributed by atoms with E-state index in [0.717, 1.165) is 57.6 Å². The minimum Gasteiger partial charge on any atom is -0.396 e. The van der Waals surface area contributed by atoms with Gasteiger partial charge < -0.3 is 20.5 Å². The van der Waals surface area contributed by atoms with Crippen molar-refractivity contribution in [2.75, 3.05) is 39.5 Å². The number of aliphatic hydroxyl groups is 1. The van der Waals surface area contributed by atoms with Gasteiger partial charge in [0.05, 0.1) is 13.2 Å². The minimum atomic E-state index is 0.0282. The summed E-state index contributed by atoms with van der Waals surface area (Å²) in [4.78, 5) is 4.77. The van der Waals surface area contributed by atoms with E-state index in [-0.39, 0.29) is 12.0 Å². The van der Waals surface area contributed by atoms with Crippen molar-refractivity contribution in [3.05, 3.63) is 0 Å². The highest BCUT2D eigenvalue weighted by atomic mass is 16.5. The molecule has 1 aliphatic carbocycles. The van der Waals surface area contributed by atoms with E-state index in [2.05, 4.69) is 17.6 Å². The molecule has 23 heavy (non-hydrogen) atoms. The lowest BCUT2D eigenvalue weighted by molar-refractivity contribution is 0.131. The fourth-order valence-corrected chi connectivity index (χ4v) is 3.75. The average molecular weight is 325 g/mol. The second kappa shape index (κ2) is 10.1. The summed E-state index contributed by atoms with van der Waals surface area (Å²) in [5.41, 5.74) is 0.0282. The first kappa shape index (κ1) is 18.5. The summed E-state index contributed by atoms with van der Waals surface area (Å²) >= 11 is 0. The van der Waals surface area contributed by atoms with E-state index >= 15 is 0 Å². The Morgan fingerprint density at radius 2 is 2.09 bits per heavy atom. The van der Waals surface area contributed by atoms with E-state index in [0.29, 0.717) is 0 Å². The number of aliphatic hydroxyl groups excluding tert-OH is 1. The fourth-order valence-electron chi connectivity index (χ4n) is 3.75. The van der Waals surface area contributed by atoms with Crippen molar-refractivity contribution in [3.63, 3.8) is 0 Å². The van der Waals surface area contributed by atoms with Gasteiger partial charge in [0.2, 0.25) is 0 Å². The van der Waals surface area contributed by atoms with Gasteiger partial charge in [-0.1, -0.05) is 32.1 Å². The highest BCUT2D eigenvalue weighted by Gasteiger charge is 2.34. The van der Waals surface area contributed by atoms with Crippen molar-refractivity contribution in [2.24, 2.45) is 16.3 Å². The molecule has 0 aromatic carbocycles. The Bertz CT molecular complexity index is 348. The van der Waals surface area contributed by atoms with Crippen LogP contribution in [0, 0.1) is 11.3 Å². The standard InChI is InChI=1S/C18H35N3O2/c1-2-19-17(20-11-8-16-6-4-3-5-7-16)21-14-18(9-12-22)10-13-23-15-18/h16,22H,2-15H2,1H3,(H2,19,20,21). The van der Waals surface area contributed by atoms with Gasteiger partial charge in [-0.05, 0) is 32.1 Å². The third-order valence-corrected chi connectivity index (χ3v) is 5.31. The molecule has 5 heteroatoms. The molecule has 1 saturated heterocycles. The molecule has 1 heterocycles. The first-order chi connectivity index (χ1) is 11.3. The van der Waals surface area contributed by atoms with Gasteiger partial charge in [0.1, 0.15) is 0 Å². The normalized spacial score (nSPS) is 26.4. The lowest BCUT2D eigenvalue weighted by atomic mass is 9.84. The van der Waals surface area contributed by atoms with E-state index < -0.39 is 0 Å². The van der Waals surface area contributed by atoms with Crippen LogP contribution < -0.4 is 10.6 Å². The number of aliphatic imine (C=N–C) groups is 1. The molecular formula is C18H35N3O2. The second-order valence-electron chi connectivity index (χ2n) is 7.19. The van der Waals surface area contributed by atoms with E-state index in [1.165, 1.54) is 38.5 Å². The van der Waals surface area contributed by atoms with Crippen LogP contribution in [0.1, 0.15) is 58.3 Å². The van der Waals surface area contributed by atoms with Gasteiger partial charge >= 0.3 is 0 Å². The van der Waals surface area contributed by atoms with E-state index in [1.54, 1.807) is 0 Å². The number of hydrogen-bond donors (Lipinski definition) is 3. The number of hydrogen-bond acceptors (Lipinski definition) is 3. The number of ether oxygens (including phenoxy) is 1.